The normalized spacial score (nSPS) is 11.4. The van der Waals surface area contributed by atoms with Crippen molar-refractivity contribution in [2.24, 2.45) is 0 Å². The zero-order valence-electron chi connectivity index (χ0n) is 18.0. The fourth-order valence-corrected chi connectivity index (χ4v) is 6.28. The predicted molar refractivity (Wildman–Crippen MR) is 131 cm³/mol. The number of hydrogen-bond donors (Lipinski definition) is 3. The number of phenolic OH excluding ortho intramolecular Hbond substituents is 1. The van der Waals surface area contributed by atoms with Crippen LogP contribution >= 0.6 is 22.7 Å². The average Bonchev–Trinajstić information content (AvgIpc) is 3.42. The highest BCUT2D eigenvalue weighted by Crippen LogP contribution is 2.29. The number of benzene rings is 2. The van der Waals surface area contributed by atoms with Crippen molar-refractivity contribution in [3.05, 3.63) is 64.5 Å². The highest BCUT2D eigenvalue weighted by molar-refractivity contribution is 7.94. The summed E-state index contributed by atoms with van der Waals surface area (Å²) < 4.78 is 32.9. The van der Waals surface area contributed by atoms with Crippen molar-refractivity contribution >= 4 is 65.6 Å². The molecule has 0 spiro atoms. The molecule has 0 radical (unpaired) electrons. The van der Waals surface area contributed by atoms with E-state index >= 15 is 0 Å². The molecule has 9 nitrogen and oxygen atoms in total. The molecule has 0 bridgehead atoms. The van der Waals surface area contributed by atoms with Crippen molar-refractivity contribution in [2.75, 3.05) is 16.6 Å². The molecule has 0 saturated carbocycles. The molecular formula is C22H19N3O6S3. The molecule has 4 rings (SSSR count). The first-order valence-electron chi connectivity index (χ1n) is 9.86. The van der Waals surface area contributed by atoms with Crippen LogP contribution in [0.1, 0.15) is 21.5 Å². The summed E-state index contributed by atoms with van der Waals surface area (Å²) in [6, 6.07) is 10.6. The van der Waals surface area contributed by atoms with Gasteiger partial charge in [0.25, 0.3) is 15.9 Å². The van der Waals surface area contributed by atoms with Gasteiger partial charge in [-0.1, -0.05) is 23.5 Å². The molecule has 12 heteroatoms. The van der Waals surface area contributed by atoms with Gasteiger partial charge in [-0.05, 0) is 54.6 Å². The number of aryl methyl sites for hydroxylation is 2. The lowest BCUT2D eigenvalue weighted by Gasteiger charge is -2.09. The Labute approximate surface area is 203 Å². The van der Waals surface area contributed by atoms with E-state index in [1.54, 1.807) is 11.4 Å². The number of anilines is 2. The minimum atomic E-state index is -3.80. The van der Waals surface area contributed by atoms with Crippen LogP contribution in [0.3, 0.4) is 0 Å². The molecule has 0 aliphatic carbocycles. The molecule has 4 aromatic rings. The second-order valence-electron chi connectivity index (χ2n) is 7.34. The Hall–Kier alpha value is -3.48. The van der Waals surface area contributed by atoms with Crippen LogP contribution in [-0.2, 0) is 19.6 Å². The van der Waals surface area contributed by atoms with E-state index in [4.69, 9.17) is 4.74 Å². The van der Waals surface area contributed by atoms with Crippen molar-refractivity contribution in [3.8, 4) is 5.75 Å². The molecule has 34 heavy (non-hydrogen) atoms. The Balaban J connectivity index is 1.37. The Morgan fingerprint density at radius 3 is 2.65 bits per heavy atom. The van der Waals surface area contributed by atoms with Gasteiger partial charge in [0.15, 0.2) is 11.7 Å². The predicted octanol–water partition coefficient (Wildman–Crippen LogP) is 4.28. The molecule has 2 heterocycles. The van der Waals surface area contributed by atoms with Crippen molar-refractivity contribution in [1.82, 2.24) is 4.98 Å². The minimum absolute atomic E-state index is 0.0709. The molecule has 2 aromatic carbocycles. The SMILES string of the molecule is Cc1cc(C)c2nc(NC(=O)COC(=O)c3ccc(NS(=O)(=O)c4cccs4)cc3O)sc2c1. The second-order valence-corrected chi connectivity index (χ2v) is 11.2. The lowest BCUT2D eigenvalue weighted by atomic mass is 10.1. The molecule has 1 amide bonds. The number of thiazole rings is 1. The Bertz CT molecular complexity index is 1490. The highest BCUT2D eigenvalue weighted by atomic mass is 32.2. The summed E-state index contributed by atoms with van der Waals surface area (Å²) in [6.45, 7) is 3.33. The molecule has 2 aromatic heterocycles. The molecule has 0 atom stereocenters. The number of ether oxygens (including phenoxy) is 1. The molecule has 0 saturated heterocycles. The number of sulfonamides is 1. The van der Waals surface area contributed by atoms with E-state index in [2.05, 4.69) is 15.0 Å². The topological polar surface area (TPSA) is 135 Å². The third-order valence-electron chi connectivity index (χ3n) is 4.64. The van der Waals surface area contributed by atoms with Gasteiger partial charge in [-0.25, -0.2) is 18.2 Å². The number of rotatable bonds is 7. The quantitative estimate of drug-likeness (QED) is 0.312. The number of aromatic nitrogens is 1. The van der Waals surface area contributed by atoms with E-state index in [9.17, 15) is 23.1 Å². The van der Waals surface area contributed by atoms with E-state index < -0.39 is 34.3 Å². The van der Waals surface area contributed by atoms with E-state index in [0.717, 1.165) is 38.7 Å². The fourth-order valence-electron chi connectivity index (χ4n) is 3.18. The molecular weight excluding hydrogens is 498 g/mol. The monoisotopic (exact) mass is 517 g/mol. The summed E-state index contributed by atoms with van der Waals surface area (Å²) in [6.07, 6.45) is 0. The lowest BCUT2D eigenvalue weighted by molar-refractivity contribution is -0.119. The van der Waals surface area contributed by atoms with Gasteiger partial charge in [0, 0.05) is 6.07 Å². The maximum atomic E-state index is 12.3. The number of fused-ring (bicyclic) bond motifs is 1. The number of amides is 1. The molecule has 0 fully saturated rings. The first-order chi connectivity index (χ1) is 16.1. The van der Waals surface area contributed by atoms with Crippen LogP contribution in [0.15, 0.2) is 52.1 Å². The first-order valence-corrected chi connectivity index (χ1v) is 13.0. The fraction of sp³-hybridized carbons (Fsp3) is 0.136. The van der Waals surface area contributed by atoms with Crippen LogP contribution < -0.4 is 10.0 Å². The Morgan fingerprint density at radius 1 is 1.15 bits per heavy atom. The van der Waals surface area contributed by atoms with E-state index in [1.165, 1.54) is 29.5 Å². The van der Waals surface area contributed by atoms with Gasteiger partial charge in [-0.2, -0.15) is 0 Å². The van der Waals surface area contributed by atoms with Crippen LogP contribution in [0.2, 0.25) is 0 Å². The molecule has 0 aliphatic rings. The van der Waals surface area contributed by atoms with Crippen LogP contribution in [0.4, 0.5) is 10.8 Å². The third-order valence-corrected chi connectivity index (χ3v) is 8.34. The Morgan fingerprint density at radius 2 is 1.94 bits per heavy atom. The van der Waals surface area contributed by atoms with Crippen molar-refractivity contribution in [2.45, 2.75) is 18.1 Å². The molecule has 176 valence electrons. The van der Waals surface area contributed by atoms with Gasteiger partial charge >= 0.3 is 5.97 Å². The van der Waals surface area contributed by atoms with Crippen LogP contribution in [0.25, 0.3) is 10.2 Å². The molecule has 0 unspecified atom stereocenters. The smallest absolute Gasteiger partial charge is 0.342 e. The van der Waals surface area contributed by atoms with Gasteiger partial charge in [0.05, 0.1) is 15.9 Å². The zero-order chi connectivity index (χ0) is 24.5. The van der Waals surface area contributed by atoms with Crippen LogP contribution in [-0.4, -0.2) is 37.0 Å². The van der Waals surface area contributed by atoms with Gasteiger partial charge in [-0.3, -0.25) is 14.8 Å². The number of hydrogen-bond acceptors (Lipinski definition) is 9. The van der Waals surface area contributed by atoms with Crippen molar-refractivity contribution in [3.63, 3.8) is 0 Å². The number of esters is 1. The number of thiophene rings is 1. The molecule has 0 aliphatic heterocycles. The van der Waals surface area contributed by atoms with Gasteiger partial charge in [0.2, 0.25) is 0 Å². The average molecular weight is 518 g/mol. The van der Waals surface area contributed by atoms with Crippen molar-refractivity contribution in [1.29, 1.82) is 0 Å². The van der Waals surface area contributed by atoms with Gasteiger partial charge in [-0.15, -0.1) is 11.3 Å². The van der Waals surface area contributed by atoms with Crippen LogP contribution in [0.5, 0.6) is 5.75 Å². The zero-order valence-corrected chi connectivity index (χ0v) is 20.4. The number of phenols is 1. The van der Waals surface area contributed by atoms with Crippen molar-refractivity contribution < 1.29 is 27.9 Å². The highest BCUT2D eigenvalue weighted by Gasteiger charge is 2.19. The largest absolute Gasteiger partial charge is 0.507 e. The summed E-state index contributed by atoms with van der Waals surface area (Å²) in [5.41, 5.74) is 2.74. The number of carbonyl (C=O) groups excluding carboxylic acids is 2. The molecule has 3 N–H and O–H groups in total. The minimum Gasteiger partial charge on any atom is -0.507 e. The van der Waals surface area contributed by atoms with Gasteiger partial charge in [0.1, 0.15) is 15.5 Å². The summed E-state index contributed by atoms with van der Waals surface area (Å²) in [4.78, 5) is 28.9. The summed E-state index contributed by atoms with van der Waals surface area (Å²) >= 11 is 2.36. The number of carbonyl (C=O) groups is 2. The van der Waals surface area contributed by atoms with Crippen LogP contribution in [0, 0.1) is 13.8 Å². The standard InChI is InChI=1S/C22H19N3O6S3/c1-12-8-13(2)20-17(9-12)33-22(24-20)23-18(27)11-31-21(28)15-6-5-14(10-16(15)26)25-34(29,30)19-4-3-7-32-19/h3-10,25-26H,11H2,1-2H3,(H,23,24,27). The number of nitrogens with one attached hydrogen (secondary N) is 2. The Kier molecular flexibility index (Phi) is 6.55. The lowest BCUT2D eigenvalue weighted by Crippen LogP contribution is -2.21. The van der Waals surface area contributed by atoms with E-state index in [1.807, 2.05) is 26.0 Å². The first kappa shape index (κ1) is 23.7. The third kappa shape index (κ3) is 5.19. The second kappa shape index (κ2) is 9.41. The summed E-state index contributed by atoms with van der Waals surface area (Å²) in [5, 5.41) is 14.8. The van der Waals surface area contributed by atoms with Gasteiger partial charge < -0.3 is 9.84 Å². The van der Waals surface area contributed by atoms with E-state index in [-0.39, 0.29) is 15.5 Å². The summed E-state index contributed by atoms with van der Waals surface area (Å²) in [5.74, 6) is -2.01. The number of aromatic hydroxyl groups is 1. The maximum Gasteiger partial charge on any atom is 0.342 e. The summed E-state index contributed by atoms with van der Waals surface area (Å²) in [7, 11) is -3.80. The van der Waals surface area contributed by atoms with E-state index in [0.29, 0.717) is 5.13 Å². The number of nitrogens with zero attached hydrogens (tertiary/aromatic N) is 1. The maximum absolute atomic E-state index is 12.3.